The van der Waals surface area contributed by atoms with E-state index in [1.165, 1.54) is 0 Å². The maximum Gasteiger partial charge on any atom is 0.263 e. The molecule has 1 amide bonds. The van der Waals surface area contributed by atoms with Crippen LogP contribution in [0.2, 0.25) is 0 Å². The number of nitrogens with zero attached hydrogens (tertiary/aromatic N) is 1. The Morgan fingerprint density at radius 1 is 1.43 bits per heavy atom. The zero-order valence-electron chi connectivity index (χ0n) is 12.2. The molecule has 1 saturated heterocycles. The van der Waals surface area contributed by atoms with Crippen LogP contribution in [0.4, 0.5) is 0 Å². The molecule has 0 saturated carbocycles. The third-order valence-electron chi connectivity index (χ3n) is 3.76. The van der Waals surface area contributed by atoms with Crippen molar-refractivity contribution in [2.24, 2.45) is 0 Å². The number of rotatable bonds is 4. The number of ether oxygens (including phenoxy) is 1. The molecule has 0 radical (unpaired) electrons. The van der Waals surface area contributed by atoms with Gasteiger partial charge in [-0.05, 0) is 37.3 Å². The van der Waals surface area contributed by atoms with Crippen molar-refractivity contribution in [3.8, 4) is 0 Å². The third-order valence-corrected chi connectivity index (χ3v) is 3.76. The summed E-state index contributed by atoms with van der Waals surface area (Å²) < 4.78 is 7.40. The van der Waals surface area contributed by atoms with E-state index >= 15 is 0 Å². The van der Waals surface area contributed by atoms with Crippen LogP contribution in [0.5, 0.6) is 0 Å². The largest absolute Gasteiger partial charge is 0.350 e. The average Bonchev–Trinajstić information content (AvgIpc) is 2.82. The van der Waals surface area contributed by atoms with Gasteiger partial charge in [0, 0.05) is 24.2 Å². The number of hydroxylamine groups is 1. The van der Waals surface area contributed by atoms with Crippen LogP contribution in [0.15, 0.2) is 30.3 Å². The van der Waals surface area contributed by atoms with E-state index in [1.807, 2.05) is 35.8 Å². The maximum atomic E-state index is 12.0. The number of carbonyl (C=O) groups excluding carboxylic acids is 1. The van der Waals surface area contributed by atoms with Gasteiger partial charge in [0.1, 0.15) is 6.54 Å². The smallest absolute Gasteiger partial charge is 0.263 e. The molecule has 1 atom stereocenters. The Labute approximate surface area is 123 Å². The quantitative estimate of drug-likeness (QED) is 0.880. The van der Waals surface area contributed by atoms with Gasteiger partial charge in [-0.1, -0.05) is 18.2 Å². The molecule has 1 aromatic heterocycles. The molecule has 1 N–H and O–H groups in total. The van der Waals surface area contributed by atoms with Gasteiger partial charge in [-0.25, -0.2) is 10.3 Å². The Kier molecular flexibility index (Phi) is 4.22. The first-order valence-corrected chi connectivity index (χ1v) is 7.35. The highest BCUT2D eigenvalue weighted by Gasteiger charge is 2.16. The predicted molar refractivity (Wildman–Crippen MR) is 79.5 cm³/mol. The molecule has 0 aliphatic carbocycles. The average molecular weight is 288 g/mol. The number of aryl methyl sites for hydroxylation is 1. The van der Waals surface area contributed by atoms with Crippen molar-refractivity contribution >= 4 is 16.8 Å². The minimum absolute atomic E-state index is 0.173. The van der Waals surface area contributed by atoms with Crippen molar-refractivity contribution < 1.29 is 14.4 Å². The minimum Gasteiger partial charge on any atom is -0.350 e. The lowest BCUT2D eigenvalue weighted by Gasteiger charge is -2.22. The van der Waals surface area contributed by atoms with Gasteiger partial charge in [0.25, 0.3) is 5.91 Å². The summed E-state index contributed by atoms with van der Waals surface area (Å²) in [4.78, 5) is 17.3. The highest BCUT2D eigenvalue weighted by Crippen LogP contribution is 2.19. The van der Waals surface area contributed by atoms with Crippen molar-refractivity contribution in [1.29, 1.82) is 0 Å². The first kappa shape index (κ1) is 14.1. The predicted octanol–water partition coefficient (Wildman–Crippen LogP) is 2.52. The van der Waals surface area contributed by atoms with E-state index in [4.69, 9.17) is 9.57 Å². The number of hydrogen-bond donors (Lipinski definition) is 1. The molecule has 1 aliphatic rings. The SMILES string of the molecule is Cc1cc2ccccc2n1CC(=O)NOC1CCCCO1. The molecule has 0 bridgehead atoms. The number of nitrogens with one attached hydrogen (secondary N) is 1. The second kappa shape index (κ2) is 6.28. The summed E-state index contributed by atoms with van der Waals surface area (Å²) >= 11 is 0. The first-order valence-electron chi connectivity index (χ1n) is 7.35. The van der Waals surface area contributed by atoms with Crippen molar-refractivity contribution in [1.82, 2.24) is 10.0 Å². The topological polar surface area (TPSA) is 52.5 Å². The van der Waals surface area contributed by atoms with Gasteiger partial charge in [0.15, 0.2) is 6.29 Å². The summed E-state index contributed by atoms with van der Waals surface area (Å²) in [6.45, 7) is 2.94. The Morgan fingerprint density at radius 3 is 3.10 bits per heavy atom. The number of benzene rings is 1. The molecule has 1 aliphatic heterocycles. The molecule has 1 unspecified atom stereocenters. The van der Waals surface area contributed by atoms with Crippen LogP contribution in [-0.2, 0) is 20.9 Å². The van der Waals surface area contributed by atoms with Crippen LogP contribution in [0.3, 0.4) is 0 Å². The highest BCUT2D eigenvalue weighted by molar-refractivity contribution is 5.84. The highest BCUT2D eigenvalue weighted by atomic mass is 16.8. The van der Waals surface area contributed by atoms with E-state index in [0.29, 0.717) is 6.61 Å². The van der Waals surface area contributed by atoms with Crippen LogP contribution < -0.4 is 5.48 Å². The molecule has 5 nitrogen and oxygen atoms in total. The summed E-state index contributed by atoms with van der Waals surface area (Å²) in [5.41, 5.74) is 4.61. The molecule has 0 spiro atoms. The van der Waals surface area contributed by atoms with Gasteiger partial charge in [0.2, 0.25) is 0 Å². The van der Waals surface area contributed by atoms with Gasteiger partial charge in [0.05, 0.1) is 0 Å². The summed E-state index contributed by atoms with van der Waals surface area (Å²) in [5.74, 6) is -0.173. The van der Waals surface area contributed by atoms with Gasteiger partial charge in [-0.15, -0.1) is 0 Å². The van der Waals surface area contributed by atoms with E-state index in [2.05, 4.69) is 11.5 Å². The minimum atomic E-state index is -0.315. The molecule has 5 heteroatoms. The third kappa shape index (κ3) is 3.25. The monoisotopic (exact) mass is 288 g/mol. The van der Waals surface area contributed by atoms with E-state index in [1.54, 1.807) is 0 Å². The standard InChI is InChI=1S/C16H20N2O3/c1-12-10-13-6-2-3-7-14(13)18(12)11-15(19)17-21-16-8-4-5-9-20-16/h2-3,6-7,10,16H,4-5,8-9,11H2,1H3,(H,17,19). The molecule has 1 fully saturated rings. The maximum absolute atomic E-state index is 12.0. The number of hydrogen-bond acceptors (Lipinski definition) is 3. The van der Waals surface area contributed by atoms with Gasteiger partial charge < -0.3 is 9.30 Å². The van der Waals surface area contributed by atoms with Crippen LogP contribution in [0.1, 0.15) is 25.0 Å². The van der Waals surface area contributed by atoms with Crippen LogP contribution in [0, 0.1) is 6.92 Å². The lowest BCUT2D eigenvalue weighted by Crippen LogP contribution is -2.35. The number of amides is 1. The molecule has 2 aromatic rings. The zero-order chi connectivity index (χ0) is 14.7. The molecule has 112 valence electrons. The van der Waals surface area contributed by atoms with Crippen LogP contribution in [0.25, 0.3) is 10.9 Å². The van der Waals surface area contributed by atoms with E-state index in [9.17, 15) is 4.79 Å². The number of aromatic nitrogens is 1. The second-order valence-corrected chi connectivity index (χ2v) is 5.37. The fourth-order valence-electron chi connectivity index (χ4n) is 2.67. The van der Waals surface area contributed by atoms with Crippen molar-refractivity contribution in [3.05, 3.63) is 36.0 Å². The number of fused-ring (bicyclic) bond motifs is 1. The Hall–Kier alpha value is -1.85. The second-order valence-electron chi connectivity index (χ2n) is 5.37. The normalized spacial score (nSPS) is 18.8. The molecule has 1 aromatic carbocycles. The molecular weight excluding hydrogens is 268 g/mol. The number of para-hydroxylation sites is 1. The molecule has 3 rings (SSSR count). The fraction of sp³-hybridized carbons (Fsp3) is 0.438. The Bertz CT molecular complexity index is 629. The Balaban J connectivity index is 1.62. The lowest BCUT2D eigenvalue weighted by molar-refractivity contribution is -0.200. The van der Waals surface area contributed by atoms with Crippen molar-refractivity contribution in [2.45, 2.75) is 39.0 Å². The van der Waals surface area contributed by atoms with Gasteiger partial charge in [-0.3, -0.25) is 4.79 Å². The Morgan fingerprint density at radius 2 is 2.29 bits per heavy atom. The summed E-state index contributed by atoms with van der Waals surface area (Å²) in [6, 6.07) is 10.1. The van der Waals surface area contributed by atoms with E-state index < -0.39 is 0 Å². The van der Waals surface area contributed by atoms with Crippen LogP contribution in [-0.4, -0.2) is 23.4 Å². The zero-order valence-corrected chi connectivity index (χ0v) is 12.2. The number of carbonyl (C=O) groups is 1. The summed E-state index contributed by atoms with van der Waals surface area (Å²) in [5, 5.41) is 1.14. The van der Waals surface area contributed by atoms with Crippen molar-refractivity contribution in [2.75, 3.05) is 6.61 Å². The first-order chi connectivity index (χ1) is 10.2. The van der Waals surface area contributed by atoms with E-state index in [-0.39, 0.29) is 18.7 Å². The lowest BCUT2D eigenvalue weighted by atomic mass is 10.2. The molecular formula is C16H20N2O3. The molecule has 21 heavy (non-hydrogen) atoms. The summed E-state index contributed by atoms with van der Waals surface area (Å²) in [7, 11) is 0. The summed E-state index contributed by atoms with van der Waals surface area (Å²) in [6.07, 6.45) is 2.64. The van der Waals surface area contributed by atoms with E-state index in [0.717, 1.165) is 35.9 Å². The van der Waals surface area contributed by atoms with Gasteiger partial charge in [-0.2, -0.15) is 0 Å². The van der Waals surface area contributed by atoms with Crippen molar-refractivity contribution in [3.63, 3.8) is 0 Å². The fourth-order valence-corrected chi connectivity index (χ4v) is 2.67. The van der Waals surface area contributed by atoms with Crippen LogP contribution >= 0.6 is 0 Å². The molecule has 2 heterocycles. The van der Waals surface area contributed by atoms with Gasteiger partial charge >= 0.3 is 0 Å².